The molecule has 0 aliphatic rings. The summed E-state index contributed by atoms with van der Waals surface area (Å²) in [5.74, 6) is 0.532. The van der Waals surface area contributed by atoms with Gasteiger partial charge < -0.3 is 4.74 Å². The molecule has 0 spiro atoms. The Hall–Kier alpha value is -0.870. The van der Waals surface area contributed by atoms with Gasteiger partial charge in [0.05, 0.1) is 0 Å². The molecule has 0 radical (unpaired) electrons. The first-order chi connectivity index (χ1) is 9.01. The monoisotopic (exact) mass is 386 g/mol. The number of rotatable bonds is 3. The van der Waals surface area contributed by atoms with Crippen LogP contribution in [0.1, 0.15) is 16.7 Å². The molecule has 1 nitrogen and oxygen atoms in total. The molecule has 0 aliphatic carbocycles. The van der Waals surface area contributed by atoms with Crippen molar-refractivity contribution in [2.24, 2.45) is 0 Å². The minimum atomic E-state index is -0.352. The van der Waals surface area contributed by atoms with Crippen LogP contribution in [0.2, 0.25) is 0 Å². The number of halogens is 3. The Morgan fingerprint density at radius 3 is 2.26 bits per heavy atom. The molecule has 0 amide bonds. The van der Waals surface area contributed by atoms with Crippen molar-refractivity contribution in [2.75, 3.05) is 0 Å². The molecule has 2 rings (SSSR count). The standard InChI is InChI=1S/C15H13Br2FO/c1-9-5-12(6-10(2)15(9)17)19-14-4-3-11(8-16)7-13(14)18/h3-7H,8H2,1-2H3. The second-order valence-corrected chi connectivity index (χ2v) is 5.73. The van der Waals surface area contributed by atoms with Gasteiger partial charge in [0.25, 0.3) is 0 Å². The number of aryl methyl sites for hydroxylation is 2. The maximum Gasteiger partial charge on any atom is 0.166 e. The lowest BCUT2D eigenvalue weighted by Gasteiger charge is -2.11. The van der Waals surface area contributed by atoms with Crippen LogP contribution in [0.4, 0.5) is 4.39 Å². The summed E-state index contributed by atoms with van der Waals surface area (Å²) in [6.45, 7) is 3.96. The van der Waals surface area contributed by atoms with Crippen molar-refractivity contribution in [2.45, 2.75) is 19.2 Å². The fourth-order valence-corrected chi connectivity index (χ4v) is 2.38. The predicted octanol–water partition coefficient (Wildman–Crippen LogP) is 5.89. The molecule has 0 atom stereocenters. The van der Waals surface area contributed by atoms with Crippen molar-refractivity contribution in [3.63, 3.8) is 0 Å². The maximum absolute atomic E-state index is 13.8. The Kier molecular flexibility index (Phi) is 4.63. The van der Waals surface area contributed by atoms with Gasteiger partial charge in [-0.05, 0) is 54.8 Å². The van der Waals surface area contributed by atoms with Crippen molar-refractivity contribution >= 4 is 31.9 Å². The lowest BCUT2D eigenvalue weighted by atomic mass is 10.1. The average Bonchev–Trinajstić information content (AvgIpc) is 2.38. The molecule has 0 saturated heterocycles. The van der Waals surface area contributed by atoms with Crippen molar-refractivity contribution in [1.82, 2.24) is 0 Å². The van der Waals surface area contributed by atoms with E-state index in [1.54, 1.807) is 6.07 Å². The summed E-state index contributed by atoms with van der Waals surface area (Å²) in [5.41, 5.74) is 3.01. The molecule has 4 heteroatoms. The molecule has 2 aromatic carbocycles. The van der Waals surface area contributed by atoms with Gasteiger partial charge in [-0.25, -0.2) is 4.39 Å². The second kappa shape index (κ2) is 6.06. The highest BCUT2D eigenvalue weighted by Gasteiger charge is 2.08. The third kappa shape index (κ3) is 3.37. The molecular formula is C15H13Br2FO. The van der Waals surface area contributed by atoms with E-state index in [1.807, 2.05) is 32.0 Å². The predicted molar refractivity (Wildman–Crippen MR) is 82.7 cm³/mol. The lowest BCUT2D eigenvalue weighted by molar-refractivity contribution is 0.441. The second-order valence-electron chi connectivity index (χ2n) is 4.37. The highest BCUT2D eigenvalue weighted by Crippen LogP contribution is 2.31. The van der Waals surface area contributed by atoms with Crippen LogP contribution in [0.25, 0.3) is 0 Å². The van der Waals surface area contributed by atoms with Crippen molar-refractivity contribution in [3.05, 3.63) is 57.3 Å². The molecule has 0 aromatic heterocycles. The van der Waals surface area contributed by atoms with Crippen LogP contribution in [-0.2, 0) is 5.33 Å². The summed E-state index contributed by atoms with van der Waals surface area (Å²) in [7, 11) is 0. The number of ether oxygens (including phenoxy) is 1. The number of hydrogen-bond acceptors (Lipinski definition) is 1. The Morgan fingerprint density at radius 2 is 1.74 bits per heavy atom. The third-order valence-electron chi connectivity index (χ3n) is 2.79. The van der Waals surface area contributed by atoms with Crippen LogP contribution in [0.15, 0.2) is 34.8 Å². The molecule has 0 heterocycles. The van der Waals surface area contributed by atoms with Crippen LogP contribution in [0.3, 0.4) is 0 Å². The third-order valence-corrected chi connectivity index (χ3v) is 4.69. The Morgan fingerprint density at radius 1 is 1.11 bits per heavy atom. The average molecular weight is 388 g/mol. The van der Waals surface area contributed by atoms with Crippen molar-refractivity contribution in [1.29, 1.82) is 0 Å². The van der Waals surface area contributed by atoms with Crippen LogP contribution >= 0.6 is 31.9 Å². The topological polar surface area (TPSA) is 9.23 Å². The quantitative estimate of drug-likeness (QED) is 0.596. The van der Waals surface area contributed by atoms with E-state index >= 15 is 0 Å². The largest absolute Gasteiger partial charge is 0.454 e. The van der Waals surface area contributed by atoms with Gasteiger partial charge in [-0.3, -0.25) is 0 Å². The zero-order valence-electron chi connectivity index (χ0n) is 10.6. The van der Waals surface area contributed by atoms with Gasteiger partial charge in [-0.15, -0.1) is 0 Å². The van der Waals surface area contributed by atoms with E-state index in [-0.39, 0.29) is 11.6 Å². The first-order valence-corrected chi connectivity index (χ1v) is 7.71. The fraction of sp³-hybridized carbons (Fsp3) is 0.200. The van der Waals surface area contributed by atoms with Crippen LogP contribution < -0.4 is 4.74 Å². The molecule has 0 N–H and O–H groups in total. The van der Waals surface area contributed by atoms with Gasteiger partial charge >= 0.3 is 0 Å². The summed E-state index contributed by atoms with van der Waals surface area (Å²) >= 11 is 6.79. The van der Waals surface area contributed by atoms with E-state index in [0.717, 1.165) is 21.2 Å². The zero-order valence-corrected chi connectivity index (χ0v) is 13.8. The van der Waals surface area contributed by atoms with E-state index in [4.69, 9.17) is 4.74 Å². The Bertz CT molecular complexity index is 588. The smallest absolute Gasteiger partial charge is 0.166 e. The number of hydrogen-bond donors (Lipinski definition) is 0. The highest BCUT2D eigenvalue weighted by atomic mass is 79.9. The fourth-order valence-electron chi connectivity index (χ4n) is 1.80. The minimum Gasteiger partial charge on any atom is -0.454 e. The molecule has 2 aromatic rings. The SMILES string of the molecule is Cc1cc(Oc2ccc(CBr)cc2F)cc(C)c1Br. The molecule has 19 heavy (non-hydrogen) atoms. The molecular weight excluding hydrogens is 375 g/mol. The lowest BCUT2D eigenvalue weighted by Crippen LogP contribution is -1.92. The van der Waals surface area contributed by atoms with Gasteiger partial charge in [-0.2, -0.15) is 0 Å². The van der Waals surface area contributed by atoms with Crippen LogP contribution in [-0.4, -0.2) is 0 Å². The normalized spacial score (nSPS) is 10.6. The summed E-state index contributed by atoms with van der Waals surface area (Å²) in [5, 5.41) is 0.626. The van der Waals surface area contributed by atoms with Gasteiger partial charge in [-0.1, -0.05) is 37.9 Å². The zero-order chi connectivity index (χ0) is 14.0. The van der Waals surface area contributed by atoms with Crippen LogP contribution in [0.5, 0.6) is 11.5 Å². The first-order valence-electron chi connectivity index (χ1n) is 5.80. The summed E-state index contributed by atoms with van der Waals surface area (Å²) < 4.78 is 20.5. The summed E-state index contributed by atoms with van der Waals surface area (Å²) in [6, 6.07) is 8.73. The minimum absolute atomic E-state index is 0.242. The number of alkyl halides is 1. The van der Waals surface area contributed by atoms with Crippen molar-refractivity contribution < 1.29 is 9.13 Å². The van der Waals surface area contributed by atoms with Gasteiger partial charge in [0, 0.05) is 9.80 Å². The first kappa shape index (κ1) is 14.5. The molecule has 0 aliphatic heterocycles. The molecule has 0 saturated carbocycles. The van der Waals surface area contributed by atoms with Crippen LogP contribution in [0, 0.1) is 19.7 Å². The summed E-state index contributed by atoms with van der Waals surface area (Å²) in [4.78, 5) is 0. The van der Waals surface area contributed by atoms with Gasteiger partial charge in [0.15, 0.2) is 11.6 Å². The molecule has 0 fully saturated rings. The molecule has 100 valence electrons. The van der Waals surface area contributed by atoms with Gasteiger partial charge in [0.1, 0.15) is 5.75 Å². The van der Waals surface area contributed by atoms with E-state index in [0.29, 0.717) is 11.1 Å². The molecule has 0 unspecified atom stereocenters. The Labute approximate surface area is 129 Å². The maximum atomic E-state index is 13.8. The van der Waals surface area contributed by atoms with E-state index in [9.17, 15) is 4.39 Å². The Balaban J connectivity index is 2.31. The number of benzene rings is 2. The molecule has 0 bridgehead atoms. The van der Waals surface area contributed by atoms with E-state index in [1.165, 1.54) is 6.07 Å². The highest BCUT2D eigenvalue weighted by molar-refractivity contribution is 9.10. The van der Waals surface area contributed by atoms with E-state index in [2.05, 4.69) is 31.9 Å². The van der Waals surface area contributed by atoms with Crippen molar-refractivity contribution in [3.8, 4) is 11.5 Å². The summed E-state index contributed by atoms with van der Waals surface area (Å²) in [6.07, 6.45) is 0. The van der Waals surface area contributed by atoms with E-state index < -0.39 is 0 Å². The van der Waals surface area contributed by atoms with Gasteiger partial charge in [0.2, 0.25) is 0 Å².